The number of hydrogen-bond donors (Lipinski definition) is 2. The van der Waals surface area contributed by atoms with Crippen LogP contribution in [0.2, 0.25) is 0 Å². The Morgan fingerprint density at radius 2 is 2.13 bits per heavy atom. The molecule has 0 amide bonds. The number of H-pyrrole nitrogens is 1. The Morgan fingerprint density at radius 3 is 2.80 bits per heavy atom. The minimum atomic E-state index is -0.0759. The van der Waals surface area contributed by atoms with Crippen LogP contribution in [0.3, 0.4) is 0 Å². The molecular formula is C11H17N3O. The van der Waals surface area contributed by atoms with E-state index in [-0.39, 0.29) is 12.1 Å². The normalized spacial score (nSPS) is 17.9. The summed E-state index contributed by atoms with van der Waals surface area (Å²) in [5.74, 6) is 0.444. The van der Waals surface area contributed by atoms with Gasteiger partial charge >= 0.3 is 0 Å². The average Bonchev–Trinajstić information content (AvgIpc) is 2.30. The number of aromatic nitrogens is 2. The molecule has 0 unspecified atom stereocenters. The van der Waals surface area contributed by atoms with Crippen LogP contribution in [0.25, 0.3) is 0 Å². The summed E-state index contributed by atoms with van der Waals surface area (Å²) >= 11 is 0. The molecule has 1 heterocycles. The first-order valence-electron chi connectivity index (χ1n) is 5.59. The van der Waals surface area contributed by atoms with E-state index in [0.717, 1.165) is 18.5 Å². The molecule has 0 aromatic carbocycles. The van der Waals surface area contributed by atoms with Gasteiger partial charge in [-0.1, -0.05) is 19.3 Å². The van der Waals surface area contributed by atoms with Crippen molar-refractivity contribution in [1.29, 1.82) is 0 Å². The topological polar surface area (TPSA) is 71.8 Å². The third kappa shape index (κ3) is 2.09. The second-order valence-electron chi connectivity index (χ2n) is 4.13. The van der Waals surface area contributed by atoms with Gasteiger partial charge in [-0.3, -0.25) is 4.79 Å². The molecule has 4 nitrogen and oxygen atoms in total. The van der Waals surface area contributed by atoms with E-state index in [1.165, 1.54) is 25.6 Å². The van der Waals surface area contributed by atoms with Crippen LogP contribution in [-0.2, 0) is 6.54 Å². The zero-order valence-electron chi connectivity index (χ0n) is 8.83. The van der Waals surface area contributed by atoms with Gasteiger partial charge in [0, 0.05) is 12.5 Å². The molecule has 1 aliphatic rings. The molecule has 1 aromatic heterocycles. The predicted molar refractivity (Wildman–Crippen MR) is 58.6 cm³/mol. The van der Waals surface area contributed by atoms with Crippen LogP contribution in [-0.4, -0.2) is 9.97 Å². The minimum Gasteiger partial charge on any atom is -0.326 e. The van der Waals surface area contributed by atoms with E-state index in [1.807, 2.05) is 0 Å². The molecular weight excluding hydrogens is 190 g/mol. The van der Waals surface area contributed by atoms with E-state index in [0.29, 0.717) is 11.5 Å². The van der Waals surface area contributed by atoms with Crippen LogP contribution in [0.5, 0.6) is 0 Å². The van der Waals surface area contributed by atoms with E-state index < -0.39 is 0 Å². The Kier molecular flexibility index (Phi) is 3.16. The lowest BCUT2D eigenvalue weighted by atomic mass is 9.85. The smallest absolute Gasteiger partial charge is 0.255 e. The Labute approximate surface area is 88.9 Å². The minimum absolute atomic E-state index is 0.0759. The van der Waals surface area contributed by atoms with Crippen molar-refractivity contribution in [2.24, 2.45) is 5.73 Å². The standard InChI is InChI=1S/C11H17N3O/c12-6-9-10(13-7-14-11(9)15)8-4-2-1-3-5-8/h7-8H,1-6,12H2,(H,13,14,15). The maximum atomic E-state index is 11.5. The molecule has 2 rings (SSSR count). The Balaban J connectivity index is 2.33. The van der Waals surface area contributed by atoms with Gasteiger partial charge in [0.15, 0.2) is 0 Å². The lowest BCUT2D eigenvalue weighted by Gasteiger charge is -2.22. The lowest BCUT2D eigenvalue weighted by Crippen LogP contribution is -2.22. The summed E-state index contributed by atoms with van der Waals surface area (Å²) in [4.78, 5) is 18.4. The van der Waals surface area contributed by atoms with E-state index in [4.69, 9.17) is 5.73 Å². The monoisotopic (exact) mass is 207 g/mol. The van der Waals surface area contributed by atoms with Crippen molar-refractivity contribution in [2.45, 2.75) is 44.6 Å². The summed E-state index contributed by atoms with van der Waals surface area (Å²) in [5, 5.41) is 0. The highest BCUT2D eigenvalue weighted by Crippen LogP contribution is 2.31. The summed E-state index contributed by atoms with van der Waals surface area (Å²) in [5.41, 5.74) is 7.12. The van der Waals surface area contributed by atoms with Gasteiger partial charge in [0.2, 0.25) is 0 Å². The molecule has 0 spiro atoms. The number of nitrogens with zero attached hydrogens (tertiary/aromatic N) is 1. The van der Waals surface area contributed by atoms with Crippen LogP contribution in [0.4, 0.5) is 0 Å². The first-order chi connectivity index (χ1) is 7.33. The molecule has 3 N–H and O–H groups in total. The van der Waals surface area contributed by atoms with Crippen molar-refractivity contribution in [3.63, 3.8) is 0 Å². The fourth-order valence-electron chi connectivity index (χ4n) is 2.37. The van der Waals surface area contributed by atoms with Crippen molar-refractivity contribution >= 4 is 0 Å². The van der Waals surface area contributed by atoms with Crippen LogP contribution < -0.4 is 11.3 Å². The van der Waals surface area contributed by atoms with Gasteiger partial charge in [0.1, 0.15) is 0 Å². The summed E-state index contributed by atoms with van der Waals surface area (Å²) < 4.78 is 0. The van der Waals surface area contributed by atoms with Crippen molar-refractivity contribution in [2.75, 3.05) is 0 Å². The molecule has 0 saturated heterocycles. The molecule has 0 radical (unpaired) electrons. The van der Waals surface area contributed by atoms with Gasteiger partial charge in [-0.2, -0.15) is 0 Å². The molecule has 1 aliphatic carbocycles. The van der Waals surface area contributed by atoms with E-state index in [1.54, 1.807) is 0 Å². The van der Waals surface area contributed by atoms with Crippen LogP contribution in [0.1, 0.15) is 49.3 Å². The summed E-state index contributed by atoms with van der Waals surface area (Å²) in [6.07, 6.45) is 7.56. The van der Waals surface area contributed by atoms with Gasteiger partial charge < -0.3 is 10.7 Å². The second-order valence-corrected chi connectivity index (χ2v) is 4.13. The van der Waals surface area contributed by atoms with Gasteiger partial charge in [0.25, 0.3) is 5.56 Å². The van der Waals surface area contributed by atoms with Crippen molar-refractivity contribution in [3.8, 4) is 0 Å². The van der Waals surface area contributed by atoms with E-state index in [9.17, 15) is 4.79 Å². The fraction of sp³-hybridized carbons (Fsp3) is 0.636. The Hall–Kier alpha value is -1.16. The molecule has 0 atom stereocenters. The SMILES string of the molecule is NCc1c(C2CCCCC2)nc[nH]c1=O. The number of hydrogen-bond acceptors (Lipinski definition) is 3. The third-order valence-corrected chi connectivity index (χ3v) is 3.18. The quantitative estimate of drug-likeness (QED) is 0.767. The Morgan fingerprint density at radius 1 is 1.40 bits per heavy atom. The zero-order valence-corrected chi connectivity index (χ0v) is 8.83. The fourth-order valence-corrected chi connectivity index (χ4v) is 2.37. The predicted octanol–water partition coefficient (Wildman–Crippen LogP) is 1.28. The third-order valence-electron chi connectivity index (χ3n) is 3.18. The second kappa shape index (κ2) is 4.57. The number of nitrogens with one attached hydrogen (secondary N) is 1. The average molecular weight is 207 g/mol. The zero-order chi connectivity index (χ0) is 10.7. The lowest BCUT2D eigenvalue weighted by molar-refractivity contribution is 0.433. The van der Waals surface area contributed by atoms with E-state index in [2.05, 4.69) is 9.97 Å². The first kappa shape index (κ1) is 10.4. The number of rotatable bonds is 2. The van der Waals surface area contributed by atoms with Gasteiger partial charge in [-0.05, 0) is 12.8 Å². The van der Waals surface area contributed by atoms with Crippen molar-refractivity contribution < 1.29 is 0 Å². The maximum Gasteiger partial charge on any atom is 0.255 e. The van der Waals surface area contributed by atoms with Gasteiger partial charge in [-0.15, -0.1) is 0 Å². The summed E-state index contributed by atoms with van der Waals surface area (Å²) in [7, 11) is 0. The van der Waals surface area contributed by atoms with E-state index >= 15 is 0 Å². The largest absolute Gasteiger partial charge is 0.326 e. The summed E-state index contributed by atoms with van der Waals surface area (Å²) in [6, 6.07) is 0. The molecule has 82 valence electrons. The maximum absolute atomic E-state index is 11.5. The van der Waals surface area contributed by atoms with Crippen molar-refractivity contribution in [1.82, 2.24) is 9.97 Å². The summed E-state index contributed by atoms with van der Waals surface area (Å²) in [6.45, 7) is 0.287. The van der Waals surface area contributed by atoms with Crippen LogP contribution in [0.15, 0.2) is 11.1 Å². The van der Waals surface area contributed by atoms with Crippen LogP contribution >= 0.6 is 0 Å². The number of aromatic amines is 1. The molecule has 15 heavy (non-hydrogen) atoms. The molecule has 1 saturated carbocycles. The highest BCUT2D eigenvalue weighted by Gasteiger charge is 2.20. The highest BCUT2D eigenvalue weighted by atomic mass is 16.1. The number of nitrogens with two attached hydrogens (primary N) is 1. The van der Waals surface area contributed by atoms with Gasteiger partial charge in [-0.25, -0.2) is 4.98 Å². The highest BCUT2D eigenvalue weighted by molar-refractivity contribution is 5.20. The molecule has 0 bridgehead atoms. The molecule has 1 fully saturated rings. The molecule has 0 aliphatic heterocycles. The van der Waals surface area contributed by atoms with Gasteiger partial charge in [0.05, 0.1) is 17.6 Å². The molecule has 4 heteroatoms. The first-order valence-corrected chi connectivity index (χ1v) is 5.59. The van der Waals surface area contributed by atoms with Crippen molar-refractivity contribution in [3.05, 3.63) is 27.9 Å². The molecule has 1 aromatic rings. The Bertz CT molecular complexity index is 380. The van der Waals surface area contributed by atoms with Crippen LogP contribution in [0, 0.1) is 0 Å².